The van der Waals surface area contributed by atoms with Gasteiger partial charge < -0.3 is 5.32 Å². The topological polar surface area (TPSA) is 29.1 Å². The fourth-order valence-electron chi connectivity index (χ4n) is 1.59. The Bertz CT molecular complexity index is 403. The van der Waals surface area contributed by atoms with E-state index in [0.29, 0.717) is 10.9 Å². The quantitative estimate of drug-likeness (QED) is 0.820. The standard InChI is InChI=1S/C12H14ClNO/c1-7-3-4-9(6-11(7)13)14-12(15)10-5-8(10)2/h3-4,6,8,10H,5H2,1-2H3,(H,14,15)/t8-,10+/m0/s1. The second kappa shape index (κ2) is 3.86. The molecular formula is C12H14ClNO. The van der Waals surface area contributed by atoms with Gasteiger partial charge in [-0.2, -0.15) is 0 Å². The van der Waals surface area contributed by atoms with Gasteiger partial charge in [0.2, 0.25) is 5.91 Å². The van der Waals surface area contributed by atoms with E-state index in [1.165, 1.54) is 0 Å². The molecule has 2 nitrogen and oxygen atoms in total. The van der Waals surface area contributed by atoms with Crippen LogP contribution < -0.4 is 5.32 Å². The molecule has 80 valence electrons. The van der Waals surface area contributed by atoms with Gasteiger partial charge in [-0.15, -0.1) is 0 Å². The van der Waals surface area contributed by atoms with Crippen molar-refractivity contribution >= 4 is 23.2 Å². The molecule has 1 aromatic carbocycles. The molecule has 1 fully saturated rings. The summed E-state index contributed by atoms with van der Waals surface area (Å²) < 4.78 is 0. The molecule has 1 N–H and O–H groups in total. The maximum Gasteiger partial charge on any atom is 0.227 e. The molecule has 0 saturated heterocycles. The predicted molar refractivity (Wildman–Crippen MR) is 62.1 cm³/mol. The van der Waals surface area contributed by atoms with Crippen LogP contribution in [0.15, 0.2) is 18.2 Å². The number of anilines is 1. The van der Waals surface area contributed by atoms with Crippen LogP contribution in [-0.2, 0) is 4.79 Å². The third-order valence-corrected chi connectivity index (χ3v) is 3.29. The molecule has 1 aliphatic rings. The average molecular weight is 224 g/mol. The summed E-state index contributed by atoms with van der Waals surface area (Å²) in [6, 6.07) is 5.59. The second-order valence-electron chi connectivity index (χ2n) is 4.27. The van der Waals surface area contributed by atoms with E-state index in [-0.39, 0.29) is 11.8 Å². The highest BCUT2D eigenvalue weighted by Crippen LogP contribution is 2.38. The molecule has 0 radical (unpaired) electrons. The maximum absolute atomic E-state index is 11.6. The summed E-state index contributed by atoms with van der Waals surface area (Å²) in [5.74, 6) is 0.846. The second-order valence-corrected chi connectivity index (χ2v) is 4.68. The molecule has 0 spiro atoms. The first-order valence-electron chi connectivity index (χ1n) is 5.15. The van der Waals surface area contributed by atoms with Gasteiger partial charge >= 0.3 is 0 Å². The van der Waals surface area contributed by atoms with Crippen molar-refractivity contribution in [3.05, 3.63) is 28.8 Å². The number of halogens is 1. The van der Waals surface area contributed by atoms with E-state index in [1.807, 2.05) is 19.1 Å². The monoisotopic (exact) mass is 223 g/mol. The first-order chi connectivity index (χ1) is 7.08. The Morgan fingerprint density at radius 1 is 1.53 bits per heavy atom. The van der Waals surface area contributed by atoms with Gasteiger partial charge in [0.25, 0.3) is 0 Å². The molecule has 0 bridgehead atoms. The van der Waals surface area contributed by atoms with Gasteiger partial charge in [0.1, 0.15) is 0 Å². The van der Waals surface area contributed by atoms with Crippen LogP contribution in [0.25, 0.3) is 0 Å². The van der Waals surface area contributed by atoms with Crippen LogP contribution in [0.2, 0.25) is 5.02 Å². The molecule has 2 rings (SSSR count). The molecule has 15 heavy (non-hydrogen) atoms. The number of rotatable bonds is 2. The van der Waals surface area contributed by atoms with Crippen LogP contribution in [0, 0.1) is 18.8 Å². The van der Waals surface area contributed by atoms with Crippen molar-refractivity contribution in [3.63, 3.8) is 0 Å². The van der Waals surface area contributed by atoms with Gasteiger partial charge in [-0.25, -0.2) is 0 Å². The average Bonchev–Trinajstić information content (AvgIpc) is 2.89. The van der Waals surface area contributed by atoms with Gasteiger partial charge in [0.15, 0.2) is 0 Å². The van der Waals surface area contributed by atoms with E-state index in [1.54, 1.807) is 6.07 Å². The molecule has 1 aliphatic carbocycles. The number of hydrogen-bond donors (Lipinski definition) is 1. The maximum atomic E-state index is 11.6. The van der Waals surface area contributed by atoms with Crippen LogP contribution in [0.5, 0.6) is 0 Å². The first-order valence-corrected chi connectivity index (χ1v) is 5.52. The highest BCUT2D eigenvalue weighted by Gasteiger charge is 2.39. The predicted octanol–water partition coefficient (Wildman–Crippen LogP) is 3.24. The number of aryl methyl sites for hydroxylation is 1. The lowest BCUT2D eigenvalue weighted by molar-refractivity contribution is -0.117. The third kappa shape index (κ3) is 2.32. The largest absolute Gasteiger partial charge is 0.326 e. The number of hydrogen-bond acceptors (Lipinski definition) is 1. The summed E-state index contributed by atoms with van der Waals surface area (Å²) in [7, 11) is 0. The molecule has 1 amide bonds. The van der Waals surface area contributed by atoms with Crippen molar-refractivity contribution in [1.29, 1.82) is 0 Å². The Balaban J connectivity index is 2.04. The van der Waals surface area contributed by atoms with E-state index < -0.39 is 0 Å². The summed E-state index contributed by atoms with van der Waals surface area (Å²) in [6.07, 6.45) is 1.01. The zero-order chi connectivity index (χ0) is 11.0. The minimum Gasteiger partial charge on any atom is -0.326 e. The molecule has 3 heteroatoms. The summed E-state index contributed by atoms with van der Waals surface area (Å²) in [5.41, 5.74) is 1.81. The van der Waals surface area contributed by atoms with E-state index >= 15 is 0 Å². The minimum atomic E-state index is 0.113. The summed E-state index contributed by atoms with van der Waals surface area (Å²) in [4.78, 5) is 11.6. The van der Waals surface area contributed by atoms with Crippen molar-refractivity contribution in [1.82, 2.24) is 0 Å². The van der Waals surface area contributed by atoms with Gasteiger partial charge in [0.05, 0.1) is 0 Å². The van der Waals surface area contributed by atoms with E-state index in [0.717, 1.165) is 17.7 Å². The van der Waals surface area contributed by atoms with Crippen molar-refractivity contribution < 1.29 is 4.79 Å². The summed E-state index contributed by atoms with van der Waals surface area (Å²) in [5, 5.41) is 3.57. The lowest BCUT2D eigenvalue weighted by atomic mass is 10.2. The van der Waals surface area contributed by atoms with E-state index in [9.17, 15) is 4.79 Å². The number of benzene rings is 1. The first kappa shape index (κ1) is 10.5. The number of carbonyl (C=O) groups is 1. The van der Waals surface area contributed by atoms with Crippen LogP contribution in [0.3, 0.4) is 0 Å². The lowest BCUT2D eigenvalue weighted by Gasteiger charge is -2.06. The van der Waals surface area contributed by atoms with Crippen LogP contribution in [0.1, 0.15) is 18.9 Å². The summed E-state index contributed by atoms with van der Waals surface area (Å²) >= 11 is 5.97. The molecule has 0 heterocycles. The Labute approximate surface area is 94.6 Å². The minimum absolute atomic E-state index is 0.113. The lowest BCUT2D eigenvalue weighted by Crippen LogP contribution is -2.14. The number of amides is 1. The van der Waals surface area contributed by atoms with Crippen molar-refractivity contribution in [2.24, 2.45) is 11.8 Å². The van der Waals surface area contributed by atoms with Crippen molar-refractivity contribution in [2.75, 3.05) is 5.32 Å². The Morgan fingerprint density at radius 2 is 2.20 bits per heavy atom. The smallest absolute Gasteiger partial charge is 0.227 e. The van der Waals surface area contributed by atoms with Gasteiger partial charge in [-0.1, -0.05) is 24.6 Å². The van der Waals surface area contributed by atoms with Gasteiger partial charge in [-0.3, -0.25) is 4.79 Å². The molecule has 1 saturated carbocycles. The fourth-order valence-corrected chi connectivity index (χ4v) is 1.77. The molecule has 0 aromatic heterocycles. The molecule has 0 unspecified atom stereocenters. The van der Waals surface area contributed by atoms with Crippen LogP contribution in [-0.4, -0.2) is 5.91 Å². The zero-order valence-corrected chi connectivity index (χ0v) is 9.64. The molecule has 0 aliphatic heterocycles. The van der Waals surface area contributed by atoms with Crippen LogP contribution in [0.4, 0.5) is 5.69 Å². The van der Waals surface area contributed by atoms with Crippen molar-refractivity contribution in [2.45, 2.75) is 20.3 Å². The van der Waals surface area contributed by atoms with Crippen LogP contribution >= 0.6 is 11.6 Å². The molecular weight excluding hydrogens is 210 g/mol. The summed E-state index contributed by atoms with van der Waals surface area (Å²) in [6.45, 7) is 4.03. The highest BCUT2D eigenvalue weighted by atomic mass is 35.5. The molecule has 2 atom stereocenters. The number of nitrogens with one attached hydrogen (secondary N) is 1. The Hall–Kier alpha value is -1.02. The zero-order valence-electron chi connectivity index (χ0n) is 8.88. The Morgan fingerprint density at radius 3 is 2.73 bits per heavy atom. The fraction of sp³-hybridized carbons (Fsp3) is 0.417. The number of carbonyl (C=O) groups excluding carboxylic acids is 1. The van der Waals surface area contributed by atoms with Gasteiger partial charge in [-0.05, 0) is 37.0 Å². The third-order valence-electron chi connectivity index (χ3n) is 2.89. The van der Waals surface area contributed by atoms with Gasteiger partial charge in [0, 0.05) is 16.6 Å². The normalized spacial score (nSPS) is 23.7. The molecule has 1 aromatic rings. The Kier molecular flexibility index (Phi) is 2.70. The van der Waals surface area contributed by atoms with E-state index in [4.69, 9.17) is 11.6 Å². The SMILES string of the molecule is Cc1ccc(NC(=O)[C@@H]2C[C@@H]2C)cc1Cl. The van der Waals surface area contributed by atoms with E-state index in [2.05, 4.69) is 12.2 Å². The highest BCUT2D eigenvalue weighted by molar-refractivity contribution is 6.31. The van der Waals surface area contributed by atoms with Crippen molar-refractivity contribution in [3.8, 4) is 0 Å².